The lowest BCUT2D eigenvalue weighted by Crippen LogP contribution is -2.35. The normalized spacial score (nSPS) is 11.4. The van der Waals surface area contributed by atoms with Crippen molar-refractivity contribution in [3.63, 3.8) is 0 Å². The lowest BCUT2D eigenvalue weighted by molar-refractivity contribution is 0.304. The quantitative estimate of drug-likeness (QED) is 0.873. The molecule has 3 nitrogen and oxygen atoms in total. The third kappa shape index (κ3) is 5.86. The van der Waals surface area contributed by atoms with E-state index in [-0.39, 0.29) is 5.54 Å². The Morgan fingerprint density at radius 2 is 1.76 bits per heavy atom. The molecule has 4 heteroatoms. The molecule has 0 bridgehead atoms. The molecule has 112 valence electrons. The SMILES string of the molecule is CC(C)(C)NCc1ccc(COc2cncc(Br)c2)cc1. The molecule has 0 atom stereocenters. The molecule has 21 heavy (non-hydrogen) atoms. The van der Waals surface area contributed by atoms with E-state index < -0.39 is 0 Å². The van der Waals surface area contributed by atoms with E-state index in [1.807, 2.05) is 6.07 Å². The molecule has 0 fully saturated rings. The Bertz CT molecular complexity index is 576. The molecule has 0 aliphatic rings. The minimum absolute atomic E-state index is 0.134. The summed E-state index contributed by atoms with van der Waals surface area (Å²) in [5, 5.41) is 3.48. The molecule has 0 saturated heterocycles. The van der Waals surface area contributed by atoms with Crippen LogP contribution in [-0.2, 0) is 13.2 Å². The largest absolute Gasteiger partial charge is 0.487 e. The Balaban J connectivity index is 1.87. The standard InChI is InChI=1S/C17H21BrN2O/c1-17(2,3)20-9-13-4-6-14(7-5-13)12-21-16-8-15(18)10-19-11-16/h4-8,10-11,20H,9,12H2,1-3H3. The Morgan fingerprint density at radius 1 is 1.10 bits per heavy atom. The van der Waals surface area contributed by atoms with Crippen molar-refractivity contribution >= 4 is 15.9 Å². The highest BCUT2D eigenvalue weighted by Crippen LogP contribution is 2.17. The van der Waals surface area contributed by atoms with Gasteiger partial charge in [0.2, 0.25) is 0 Å². The number of benzene rings is 1. The van der Waals surface area contributed by atoms with Crippen LogP contribution >= 0.6 is 15.9 Å². The zero-order chi connectivity index (χ0) is 15.3. The fraction of sp³-hybridized carbons (Fsp3) is 0.353. The van der Waals surface area contributed by atoms with Crippen LogP contribution in [0.2, 0.25) is 0 Å². The Kier molecular flexibility index (Phi) is 5.37. The van der Waals surface area contributed by atoms with E-state index in [1.165, 1.54) is 5.56 Å². The average Bonchev–Trinajstić information content (AvgIpc) is 2.43. The second-order valence-corrected chi connectivity index (χ2v) is 6.96. The fourth-order valence-electron chi connectivity index (χ4n) is 1.76. The topological polar surface area (TPSA) is 34.1 Å². The van der Waals surface area contributed by atoms with E-state index in [0.717, 1.165) is 22.3 Å². The summed E-state index contributed by atoms with van der Waals surface area (Å²) in [6, 6.07) is 10.4. The smallest absolute Gasteiger partial charge is 0.139 e. The van der Waals surface area contributed by atoms with Gasteiger partial charge in [-0.1, -0.05) is 24.3 Å². The van der Waals surface area contributed by atoms with Crippen LogP contribution in [0, 0.1) is 0 Å². The summed E-state index contributed by atoms with van der Waals surface area (Å²) in [5.74, 6) is 0.767. The monoisotopic (exact) mass is 348 g/mol. The summed E-state index contributed by atoms with van der Waals surface area (Å²) in [4.78, 5) is 4.08. The third-order valence-electron chi connectivity index (χ3n) is 2.93. The van der Waals surface area contributed by atoms with Gasteiger partial charge in [0.15, 0.2) is 0 Å². The number of nitrogens with zero attached hydrogens (tertiary/aromatic N) is 1. The number of nitrogens with one attached hydrogen (secondary N) is 1. The fourth-order valence-corrected chi connectivity index (χ4v) is 2.10. The van der Waals surface area contributed by atoms with Gasteiger partial charge in [-0.2, -0.15) is 0 Å². The number of halogens is 1. The molecule has 0 unspecified atom stereocenters. The zero-order valence-corrected chi connectivity index (χ0v) is 14.3. The van der Waals surface area contributed by atoms with Gasteiger partial charge < -0.3 is 10.1 Å². The number of hydrogen-bond donors (Lipinski definition) is 1. The van der Waals surface area contributed by atoms with Gasteiger partial charge in [-0.3, -0.25) is 4.98 Å². The highest BCUT2D eigenvalue weighted by atomic mass is 79.9. The van der Waals surface area contributed by atoms with Crippen molar-refractivity contribution in [1.82, 2.24) is 10.3 Å². The second kappa shape index (κ2) is 7.05. The lowest BCUT2D eigenvalue weighted by Gasteiger charge is -2.20. The van der Waals surface area contributed by atoms with Crippen LogP contribution in [0.4, 0.5) is 0 Å². The van der Waals surface area contributed by atoms with Gasteiger partial charge in [0.1, 0.15) is 12.4 Å². The number of hydrogen-bond acceptors (Lipinski definition) is 3. The van der Waals surface area contributed by atoms with Crippen molar-refractivity contribution < 1.29 is 4.74 Å². The van der Waals surface area contributed by atoms with E-state index in [2.05, 4.69) is 71.3 Å². The number of ether oxygens (including phenoxy) is 1. The molecule has 2 rings (SSSR count). The molecule has 0 amide bonds. The van der Waals surface area contributed by atoms with Crippen LogP contribution in [0.3, 0.4) is 0 Å². The first-order chi connectivity index (χ1) is 9.92. The van der Waals surface area contributed by atoms with Crippen LogP contribution in [0.5, 0.6) is 5.75 Å². The summed E-state index contributed by atoms with van der Waals surface area (Å²) in [7, 11) is 0. The molecule has 1 aromatic heterocycles. The van der Waals surface area contributed by atoms with Gasteiger partial charge in [0.25, 0.3) is 0 Å². The molecule has 2 aromatic rings. The van der Waals surface area contributed by atoms with Crippen LogP contribution < -0.4 is 10.1 Å². The summed E-state index contributed by atoms with van der Waals surface area (Å²) in [5.41, 5.74) is 2.56. The van der Waals surface area contributed by atoms with Crippen molar-refractivity contribution in [3.8, 4) is 5.75 Å². The van der Waals surface area contributed by atoms with Crippen LogP contribution in [-0.4, -0.2) is 10.5 Å². The molecule has 1 heterocycles. The Hall–Kier alpha value is -1.39. The third-order valence-corrected chi connectivity index (χ3v) is 3.36. The maximum Gasteiger partial charge on any atom is 0.139 e. The number of rotatable bonds is 5. The molecule has 1 aromatic carbocycles. The Morgan fingerprint density at radius 3 is 2.38 bits per heavy atom. The number of aromatic nitrogens is 1. The molecule has 1 N–H and O–H groups in total. The minimum Gasteiger partial charge on any atom is -0.487 e. The highest BCUT2D eigenvalue weighted by Gasteiger charge is 2.08. The first-order valence-corrected chi connectivity index (χ1v) is 7.78. The molecular weight excluding hydrogens is 328 g/mol. The van der Waals surface area contributed by atoms with Gasteiger partial charge in [-0.05, 0) is 53.9 Å². The zero-order valence-electron chi connectivity index (χ0n) is 12.7. The predicted molar refractivity (Wildman–Crippen MR) is 89.3 cm³/mol. The van der Waals surface area contributed by atoms with Gasteiger partial charge in [0.05, 0.1) is 6.20 Å². The molecule has 0 aliphatic carbocycles. The van der Waals surface area contributed by atoms with E-state index in [4.69, 9.17) is 4.74 Å². The maximum absolute atomic E-state index is 5.72. The summed E-state index contributed by atoms with van der Waals surface area (Å²) in [6.07, 6.45) is 3.45. The highest BCUT2D eigenvalue weighted by molar-refractivity contribution is 9.10. The van der Waals surface area contributed by atoms with Crippen molar-refractivity contribution in [3.05, 3.63) is 58.3 Å². The minimum atomic E-state index is 0.134. The average molecular weight is 349 g/mol. The maximum atomic E-state index is 5.72. The van der Waals surface area contributed by atoms with Crippen LogP contribution in [0.25, 0.3) is 0 Å². The van der Waals surface area contributed by atoms with Crippen molar-refractivity contribution in [2.24, 2.45) is 0 Å². The molecule has 0 aliphatic heterocycles. The first-order valence-electron chi connectivity index (χ1n) is 6.98. The van der Waals surface area contributed by atoms with Crippen LogP contribution in [0.1, 0.15) is 31.9 Å². The van der Waals surface area contributed by atoms with Crippen molar-refractivity contribution in [1.29, 1.82) is 0 Å². The van der Waals surface area contributed by atoms with E-state index in [1.54, 1.807) is 12.4 Å². The lowest BCUT2D eigenvalue weighted by atomic mass is 10.1. The van der Waals surface area contributed by atoms with E-state index in [9.17, 15) is 0 Å². The van der Waals surface area contributed by atoms with Gasteiger partial charge in [-0.15, -0.1) is 0 Å². The summed E-state index contributed by atoms with van der Waals surface area (Å²) >= 11 is 3.38. The molecule has 0 saturated carbocycles. The number of pyridine rings is 1. The van der Waals surface area contributed by atoms with Gasteiger partial charge in [-0.25, -0.2) is 0 Å². The van der Waals surface area contributed by atoms with Crippen LogP contribution in [0.15, 0.2) is 47.2 Å². The Labute approximate surface area is 134 Å². The first kappa shape index (κ1) is 16.0. The van der Waals surface area contributed by atoms with Crippen molar-refractivity contribution in [2.45, 2.75) is 39.5 Å². The van der Waals surface area contributed by atoms with E-state index in [0.29, 0.717) is 6.61 Å². The van der Waals surface area contributed by atoms with Gasteiger partial charge in [0, 0.05) is 22.8 Å². The van der Waals surface area contributed by atoms with E-state index >= 15 is 0 Å². The molecule has 0 spiro atoms. The molecule has 0 radical (unpaired) electrons. The van der Waals surface area contributed by atoms with Crippen molar-refractivity contribution in [2.75, 3.05) is 0 Å². The molecular formula is C17H21BrN2O. The predicted octanol–water partition coefficient (Wildman–Crippen LogP) is 4.31. The summed E-state index contributed by atoms with van der Waals surface area (Å²) in [6.45, 7) is 7.93. The second-order valence-electron chi connectivity index (χ2n) is 6.05. The van der Waals surface area contributed by atoms with Gasteiger partial charge >= 0.3 is 0 Å². The summed E-state index contributed by atoms with van der Waals surface area (Å²) < 4.78 is 6.64.